The van der Waals surface area contributed by atoms with Crippen LogP contribution in [-0.2, 0) is 16.1 Å². The Kier molecular flexibility index (Phi) is 8.25. The Morgan fingerprint density at radius 3 is 2.29 bits per heavy atom. The van der Waals surface area contributed by atoms with Crippen LogP contribution in [0, 0.1) is 0 Å². The van der Waals surface area contributed by atoms with Crippen LogP contribution in [0.5, 0.6) is 0 Å². The molecule has 0 aliphatic rings. The number of urea groups is 1. The van der Waals surface area contributed by atoms with E-state index < -0.39 is 11.9 Å². The van der Waals surface area contributed by atoms with Crippen LogP contribution >= 0.6 is 23.2 Å². The Balaban J connectivity index is 1.71. The van der Waals surface area contributed by atoms with E-state index in [0.717, 1.165) is 5.56 Å². The van der Waals surface area contributed by atoms with Crippen LogP contribution in [0.25, 0.3) is 0 Å². The predicted molar refractivity (Wildman–Crippen MR) is 109 cm³/mol. The minimum absolute atomic E-state index is 0.0342. The summed E-state index contributed by atoms with van der Waals surface area (Å²) < 4.78 is 0. The number of amides is 4. The zero-order valence-electron chi connectivity index (χ0n) is 15.2. The van der Waals surface area contributed by atoms with Crippen LogP contribution in [-0.4, -0.2) is 38.0 Å². The monoisotopic (exact) mass is 423 g/mol. The quantitative estimate of drug-likeness (QED) is 0.543. The molecule has 0 saturated heterocycles. The fourth-order valence-corrected chi connectivity index (χ4v) is 2.68. The van der Waals surface area contributed by atoms with Gasteiger partial charge in [0, 0.05) is 12.2 Å². The van der Waals surface area contributed by atoms with Crippen LogP contribution in [0.15, 0.2) is 48.5 Å². The Morgan fingerprint density at radius 1 is 0.929 bits per heavy atom. The molecule has 2 rings (SSSR count). The number of likely N-dealkylation sites (N-methyl/N-ethyl adjacent to an activating group) is 1. The number of anilines is 1. The van der Waals surface area contributed by atoms with Crippen molar-refractivity contribution in [1.82, 2.24) is 10.6 Å². The molecule has 4 amide bonds. The number of hydrogen-bond acceptors (Lipinski definition) is 3. The van der Waals surface area contributed by atoms with Gasteiger partial charge in [0.05, 0.1) is 17.1 Å². The number of imide groups is 1. The number of carbonyl (C=O) groups excluding carboxylic acids is 3. The molecule has 9 heteroatoms. The van der Waals surface area contributed by atoms with Crippen LogP contribution in [0.1, 0.15) is 5.56 Å². The molecule has 1 unspecified atom stereocenters. The fourth-order valence-electron chi connectivity index (χ4n) is 2.38. The lowest BCUT2D eigenvalue weighted by atomic mass is 10.2. The number of benzene rings is 2. The molecule has 0 aromatic heterocycles. The van der Waals surface area contributed by atoms with Gasteiger partial charge in [0.25, 0.3) is 11.8 Å². The Hall–Kier alpha value is -2.61. The maximum absolute atomic E-state index is 12.1. The topological polar surface area (TPSA) is 91.7 Å². The highest BCUT2D eigenvalue weighted by atomic mass is 35.5. The SMILES string of the molecule is C[NH+](CC(=O)NC(=O)NCc1ccccc1)CC(=O)Nc1ccc(Cl)c(Cl)c1. The molecule has 2 aromatic carbocycles. The second-order valence-electron chi connectivity index (χ2n) is 6.20. The number of carbonyl (C=O) groups is 3. The highest BCUT2D eigenvalue weighted by molar-refractivity contribution is 6.42. The molecular weight excluding hydrogens is 403 g/mol. The zero-order chi connectivity index (χ0) is 20.5. The molecule has 0 bridgehead atoms. The van der Waals surface area contributed by atoms with Crippen molar-refractivity contribution in [3.8, 4) is 0 Å². The van der Waals surface area contributed by atoms with Crippen molar-refractivity contribution in [2.75, 3.05) is 25.5 Å². The summed E-state index contributed by atoms with van der Waals surface area (Å²) in [5.41, 5.74) is 1.43. The van der Waals surface area contributed by atoms with Gasteiger partial charge < -0.3 is 15.5 Å². The first-order chi connectivity index (χ1) is 13.3. The molecule has 0 spiro atoms. The van der Waals surface area contributed by atoms with E-state index in [9.17, 15) is 14.4 Å². The van der Waals surface area contributed by atoms with Crippen LogP contribution in [0.3, 0.4) is 0 Å². The zero-order valence-corrected chi connectivity index (χ0v) is 16.7. The van der Waals surface area contributed by atoms with Crippen molar-refractivity contribution in [3.63, 3.8) is 0 Å². The number of nitrogens with one attached hydrogen (secondary N) is 4. The van der Waals surface area contributed by atoms with Crippen LogP contribution in [0.2, 0.25) is 10.0 Å². The van der Waals surface area contributed by atoms with Crippen molar-refractivity contribution in [3.05, 3.63) is 64.1 Å². The molecule has 0 radical (unpaired) electrons. The van der Waals surface area contributed by atoms with Crippen LogP contribution in [0.4, 0.5) is 10.5 Å². The highest BCUT2D eigenvalue weighted by Crippen LogP contribution is 2.24. The van der Waals surface area contributed by atoms with Gasteiger partial charge in [0.2, 0.25) is 0 Å². The Labute approximate surface area is 173 Å². The van der Waals surface area contributed by atoms with Gasteiger partial charge in [0.15, 0.2) is 13.1 Å². The first-order valence-corrected chi connectivity index (χ1v) is 9.27. The molecule has 4 N–H and O–H groups in total. The summed E-state index contributed by atoms with van der Waals surface area (Å²) >= 11 is 11.7. The van der Waals surface area contributed by atoms with E-state index in [1.165, 1.54) is 0 Å². The van der Waals surface area contributed by atoms with Gasteiger partial charge in [-0.3, -0.25) is 14.9 Å². The smallest absolute Gasteiger partial charge is 0.321 e. The third-order valence-corrected chi connectivity index (χ3v) is 4.42. The highest BCUT2D eigenvalue weighted by Gasteiger charge is 2.16. The molecule has 28 heavy (non-hydrogen) atoms. The minimum Gasteiger partial charge on any atom is -0.334 e. The van der Waals surface area contributed by atoms with Gasteiger partial charge in [-0.05, 0) is 23.8 Å². The fraction of sp³-hybridized carbons (Fsp3) is 0.211. The molecule has 7 nitrogen and oxygen atoms in total. The molecule has 148 valence electrons. The maximum Gasteiger partial charge on any atom is 0.321 e. The number of hydrogen-bond donors (Lipinski definition) is 4. The summed E-state index contributed by atoms with van der Waals surface area (Å²) in [5, 5.41) is 8.25. The lowest BCUT2D eigenvalue weighted by molar-refractivity contribution is -0.862. The lowest BCUT2D eigenvalue weighted by Crippen LogP contribution is -3.11. The number of quaternary nitrogens is 1. The van der Waals surface area contributed by atoms with Crippen LogP contribution < -0.4 is 20.9 Å². The summed E-state index contributed by atoms with van der Waals surface area (Å²) in [5.74, 6) is -0.775. The van der Waals surface area contributed by atoms with Gasteiger partial charge in [-0.1, -0.05) is 53.5 Å². The van der Waals surface area contributed by atoms with E-state index in [1.54, 1.807) is 25.2 Å². The maximum atomic E-state index is 12.1. The molecule has 0 fully saturated rings. The largest absolute Gasteiger partial charge is 0.334 e. The van der Waals surface area contributed by atoms with E-state index in [-0.39, 0.29) is 19.0 Å². The number of rotatable bonds is 7. The van der Waals surface area contributed by atoms with E-state index in [2.05, 4.69) is 16.0 Å². The van der Waals surface area contributed by atoms with Gasteiger partial charge in [-0.15, -0.1) is 0 Å². The Morgan fingerprint density at radius 2 is 1.61 bits per heavy atom. The second kappa shape index (κ2) is 10.7. The first-order valence-electron chi connectivity index (χ1n) is 8.51. The van der Waals surface area contributed by atoms with E-state index in [0.29, 0.717) is 27.2 Å². The standard InChI is InChI=1S/C19H20Cl2N4O3/c1-25(11-17(26)23-14-7-8-15(20)16(21)9-14)12-18(27)24-19(28)22-10-13-5-3-2-4-6-13/h2-9H,10-12H2,1H3,(H,23,26)(H2,22,24,27,28)/p+1. The van der Waals surface area contributed by atoms with Gasteiger partial charge in [-0.25, -0.2) is 4.79 Å². The van der Waals surface area contributed by atoms with E-state index in [4.69, 9.17) is 23.2 Å². The first kappa shape index (κ1) is 21.7. The normalized spacial score (nSPS) is 11.4. The summed E-state index contributed by atoms with van der Waals surface area (Å²) in [7, 11) is 1.68. The average Bonchev–Trinajstić information content (AvgIpc) is 2.63. The van der Waals surface area contributed by atoms with Gasteiger partial charge in [0.1, 0.15) is 0 Å². The number of halogens is 2. The van der Waals surface area contributed by atoms with Gasteiger partial charge in [-0.2, -0.15) is 0 Å². The van der Waals surface area contributed by atoms with Crippen molar-refractivity contribution >= 4 is 46.7 Å². The third-order valence-electron chi connectivity index (χ3n) is 3.68. The molecule has 0 aliphatic heterocycles. The third kappa shape index (κ3) is 7.56. The summed E-state index contributed by atoms with van der Waals surface area (Å²) in [6.45, 7) is 0.321. The lowest BCUT2D eigenvalue weighted by Gasteiger charge is -2.14. The van der Waals surface area contributed by atoms with Crippen molar-refractivity contribution in [1.29, 1.82) is 0 Å². The second-order valence-corrected chi connectivity index (χ2v) is 7.02. The summed E-state index contributed by atoms with van der Waals surface area (Å²) in [6, 6.07) is 13.5. The van der Waals surface area contributed by atoms with Crippen molar-refractivity contribution in [2.45, 2.75) is 6.54 Å². The van der Waals surface area contributed by atoms with Crippen molar-refractivity contribution in [2.24, 2.45) is 0 Å². The Bertz CT molecular complexity index is 846. The van der Waals surface area contributed by atoms with E-state index in [1.807, 2.05) is 30.3 Å². The summed E-state index contributed by atoms with van der Waals surface area (Å²) in [4.78, 5) is 36.4. The minimum atomic E-state index is -0.582. The molecule has 0 heterocycles. The molecule has 1 atom stereocenters. The molecule has 2 aromatic rings. The molecular formula is C19H21Cl2N4O3+. The summed E-state index contributed by atoms with van der Waals surface area (Å²) in [6.07, 6.45) is 0. The van der Waals surface area contributed by atoms with Crippen molar-refractivity contribution < 1.29 is 19.3 Å². The van der Waals surface area contributed by atoms with Gasteiger partial charge >= 0.3 is 6.03 Å². The molecule has 0 saturated carbocycles. The average molecular weight is 424 g/mol. The molecule has 0 aliphatic carbocycles. The van der Waals surface area contributed by atoms with E-state index >= 15 is 0 Å². The predicted octanol–water partition coefficient (Wildman–Crippen LogP) is 1.47.